The van der Waals surface area contributed by atoms with E-state index in [2.05, 4.69) is 14.6 Å². The van der Waals surface area contributed by atoms with E-state index in [1.807, 2.05) is 19.1 Å². The van der Waals surface area contributed by atoms with Crippen LogP contribution in [0.15, 0.2) is 52.1 Å². The largest absolute Gasteiger partial charge is 0.493 e. The summed E-state index contributed by atoms with van der Waals surface area (Å²) in [5, 5.41) is 13.6. The van der Waals surface area contributed by atoms with E-state index in [1.54, 1.807) is 30.4 Å². The van der Waals surface area contributed by atoms with Crippen molar-refractivity contribution in [1.29, 1.82) is 0 Å². The number of aromatic hydroxyl groups is 1. The standard InChI is InChI=1S/C15H15N3O3S/c1-10-7-8-13-12(9-10)14(15(19)16-13)17-18-22(20,21)11-5-3-2-4-6-11/h2-5,7-9,11,16,19H,6H2,1H3/t11-/m0/s1. The first kappa shape index (κ1) is 14.5. The number of rotatable bonds is 3. The molecule has 2 N–H and O–H groups in total. The minimum absolute atomic E-state index is 0.137. The lowest BCUT2D eigenvalue weighted by atomic mass is 10.2. The smallest absolute Gasteiger partial charge is 0.277 e. The van der Waals surface area contributed by atoms with E-state index in [1.165, 1.54) is 0 Å². The Morgan fingerprint density at radius 3 is 2.86 bits per heavy atom. The third-order valence-corrected chi connectivity index (χ3v) is 4.91. The zero-order chi connectivity index (χ0) is 15.7. The van der Waals surface area contributed by atoms with E-state index in [-0.39, 0.29) is 11.6 Å². The average Bonchev–Trinajstić information content (AvgIpc) is 2.81. The lowest BCUT2D eigenvalue weighted by molar-refractivity contribution is 0.459. The molecule has 0 radical (unpaired) electrons. The van der Waals surface area contributed by atoms with Gasteiger partial charge in [0.25, 0.3) is 10.0 Å². The number of benzene rings is 1. The zero-order valence-electron chi connectivity index (χ0n) is 11.9. The zero-order valence-corrected chi connectivity index (χ0v) is 12.7. The molecular weight excluding hydrogens is 302 g/mol. The summed E-state index contributed by atoms with van der Waals surface area (Å²) in [7, 11) is -3.76. The molecule has 7 heteroatoms. The molecule has 1 aliphatic carbocycles. The second kappa shape index (κ2) is 5.42. The third-order valence-electron chi connectivity index (χ3n) is 3.49. The van der Waals surface area contributed by atoms with Gasteiger partial charge >= 0.3 is 0 Å². The summed E-state index contributed by atoms with van der Waals surface area (Å²) >= 11 is 0. The van der Waals surface area contributed by atoms with Crippen LogP contribution in [0.5, 0.6) is 5.88 Å². The van der Waals surface area contributed by atoms with Gasteiger partial charge in [-0.15, -0.1) is 5.11 Å². The van der Waals surface area contributed by atoms with Gasteiger partial charge in [0.1, 0.15) is 5.25 Å². The Morgan fingerprint density at radius 1 is 1.32 bits per heavy atom. The number of sulfonamides is 1. The van der Waals surface area contributed by atoms with Gasteiger partial charge in [-0.3, -0.25) is 0 Å². The van der Waals surface area contributed by atoms with Gasteiger partial charge < -0.3 is 10.1 Å². The van der Waals surface area contributed by atoms with Crippen LogP contribution in [-0.4, -0.2) is 23.8 Å². The van der Waals surface area contributed by atoms with E-state index in [0.29, 0.717) is 17.3 Å². The van der Waals surface area contributed by atoms with Crippen LogP contribution in [0.1, 0.15) is 12.0 Å². The molecule has 1 heterocycles. The van der Waals surface area contributed by atoms with Crippen molar-refractivity contribution in [3.05, 3.63) is 48.1 Å². The van der Waals surface area contributed by atoms with Crippen LogP contribution in [0.25, 0.3) is 10.9 Å². The SMILES string of the molecule is Cc1ccc2[nH]c(O)c(N=NS(=O)(=O)[C@H]3C=CC=CC3)c2c1. The highest BCUT2D eigenvalue weighted by atomic mass is 32.2. The van der Waals surface area contributed by atoms with Gasteiger partial charge in [-0.25, -0.2) is 8.42 Å². The van der Waals surface area contributed by atoms with Crippen LogP contribution in [-0.2, 0) is 10.0 Å². The first-order valence-corrected chi connectivity index (χ1v) is 8.29. The Labute approximate surface area is 127 Å². The number of aromatic nitrogens is 1. The number of aryl methyl sites for hydroxylation is 1. The predicted molar refractivity (Wildman–Crippen MR) is 84.8 cm³/mol. The van der Waals surface area contributed by atoms with Crippen molar-refractivity contribution < 1.29 is 13.5 Å². The minimum Gasteiger partial charge on any atom is -0.493 e. The quantitative estimate of drug-likeness (QED) is 0.848. The summed E-state index contributed by atoms with van der Waals surface area (Å²) < 4.78 is 27.8. The Hall–Kier alpha value is -2.41. The Balaban J connectivity index is 1.99. The van der Waals surface area contributed by atoms with Gasteiger partial charge in [-0.05, 0) is 25.5 Å². The van der Waals surface area contributed by atoms with E-state index >= 15 is 0 Å². The molecule has 0 fully saturated rings. The number of aromatic amines is 1. The lowest BCUT2D eigenvalue weighted by Gasteiger charge is -2.08. The van der Waals surface area contributed by atoms with Crippen LogP contribution in [0.3, 0.4) is 0 Å². The summed E-state index contributed by atoms with van der Waals surface area (Å²) in [6.45, 7) is 1.90. The molecule has 1 atom stereocenters. The van der Waals surface area contributed by atoms with Crippen LogP contribution >= 0.6 is 0 Å². The fourth-order valence-electron chi connectivity index (χ4n) is 2.32. The second-order valence-corrected chi connectivity index (χ2v) is 6.95. The number of nitrogens with one attached hydrogen (secondary N) is 1. The van der Waals surface area contributed by atoms with Crippen molar-refractivity contribution in [3.8, 4) is 5.88 Å². The first-order chi connectivity index (χ1) is 10.5. The molecular formula is C15H15N3O3S. The van der Waals surface area contributed by atoms with Gasteiger partial charge in [-0.2, -0.15) is 0 Å². The number of hydrogen-bond donors (Lipinski definition) is 2. The van der Waals surface area contributed by atoms with Gasteiger partial charge in [0.15, 0.2) is 5.69 Å². The maximum absolute atomic E-state index is 12.2. The second-order valence-electron chi connectivity index (χ2n) is 5.16. The topological polar surface area (TPSA) is 94.9 Å². The highest BCUT2D eigenvalue weighted by molar-refractivity contribution is 7.90. The molecule has 0 amide bonds. The Kier molecular flexibility index (Phi) is 3.58. The molecule has 0 saturated carbocycles. The highest BCUT2D eigenvalue weighted by Gasteiger charge is 2.23. The Bertz CT molecular complexity index is 908. The molecule has 22 heavy (non-hydrogen) atoms. The van der Waals surface area contributed by atoms with Gasteiger partial charge in [-0.1, -0.05) is 40.5 Å². The molecule has 3 rings (SSSR count). The van der Waals surface area contributed by atoms with Crippen LogP contribution in [0.2, 0.25) is 0 Å². The number of H-pyrrole nitrogens is 1. The molecule has 1 aromatic heterocycles. The number of allylic oxidation sites excluding steroid dienone is 3. The van der Waals surface area contributed by atoms with Crippen molar-refractivity contribution in [2.24, 2.45) is 9.63 Å². The van der Waals surface area contributed by atoms with E-state index in [0.717, 1.165) is 5.56 Å². The van der Waals surface area contributed by atoms with Crippen LogP contribution < -0.4 is 0 Å². The molecule has 1 aromatic carbocycles. The Morgan fingerprint density at radius 2 is 2.14 bits per heavy atom. The molecule has 1 aliphatic rings. The maximum Gasteiger partial charge on any atom is 0.277 e. The summed E-state index contributed by atoms with van der Waals surface area (Å²) in [5.41, 5.74) is 1.79. The third kappa shape index (κ3) is 2.67. The number of nitrogens with zero attached hydrogens (tertiary/aromatic N) is 2. The van der Waals surface area contributed by atoms with E-state index < -0.39 is 15.3 Å². The van der Waals surface area contributed by atoms with Crippen molar-refractivity contribution in [2.45, 2.75) is 18.6 Å². The molecule has 114 valence electrons. The van der Waals surface area contributed by atoms with Crippen molar-refractivity contribution in [3.63, 3.8) is 0 Å². The fraction of sp³-hybridized carbons (Fsp3) is 0.200. The molecule has 0 unspecified atom stereocenters. The van der Waals surface area contributed by atoms with Crippen LogP contribution in [0.4, 0.5) is 5.69 Å². The average molecular weight is 317 g/mol. The highest BCUT2D eigenvalue weighted by Crippen LogP contribution is 2.36. The fourth-order valence-corrected chi connectivity index (χ4v) is 3.28. The molecule has 2 aromatic rings. The molecule has 0 aliphatic heterocycles. The molecule has 0 spiro atoms. The summed E-state index contributed by atoms with van der Waals surface area (Å²) in [4.78, 5) is 2.75. The molecule has 0 saturated heterocycles. The lowest BCUT2D eigenvalue weighted by Crippen LogP contribution is -2.16. The first-order valence-electron chi connectivity index (χ1n) is 6.79. The van der Waals surface area contributed by atoms with Crippen molar-refractivity contribution >= 4 is 26.6 Å². The van der Waals surface area contributed by atoms with Crippen LogP contribution in [0, 0.1) is 6.92 Å². The number of fused-ring (bicyclic) bond motifs is 1. The summed E-state index contributed by atoms with van der Waals surface area (Å²) in [6, 6.07) is 5.50. The summed E-state index contributed by atoms with van der Waals surface area (Å²) in [5.74, 6) is -0.196. The molecule has 0 bridgehead atoms. The van der Waals surface area contributed by atoms with Crippen molar-refractivity contribution in [2.75, 3.05) is 0 Å². The normalized spacial score (nSPS) is 18.5. The van der Waals surface area contributed by atoms with Crippen molar-refractivity contribution in [1.82, 2.24) is 4.98 Å². The minimum atomic E-state index is -3.76. The number of hydrogen-bond acceptors (Lipinski definition) is 4. The van der Waals surface area contributed by atoms with Gasteiger partial charge in [0, 0.05) is 5.39 Å². The monoisotopic (exact) mass is 317 g/mol. The van der Waals surface area contributed by atoms with Gasteiger partial charge in [0.2, 0.25) is 5.88 Å². The predicted octanol–water partition coefficient (Wildman–Crippen LogP) is 3.48. The summed E-state index contributed by atoms with van der Waals surface area (Å²) in [6.07, 6.45) is 7.18. The molecule has 6 nitrogen and oxygen atoms in total. The van der Waals surface area contributed by atoms with E-state index in [4.69, 9.17) is 0 Å². The maximum atomic E-state index is 12.2. The van der Waals surface area contributed by atoms with Gasteiger partial charge in [0.05, 0.1) is 5.52 Å². The van der Waals surface area contributed by atoms with E-state index in [9.17, 15) is 13.5 Å².